The summed E-state index contributed by atoms with van der Waals surface area (Å²) in [5.41, 5.74) is 1.83. The number of amides is 1. The number of carbonyl (C=O) groups excluding carboxylic acids is 1. The van der Waals surface area contributed by atoms with Gasteiger partial charge < -0.3 is 24.6 Å². The van der Waals surface area contributed by atoms with Gasteiger partial charge in [0.15, 0.2) is 5.96 Å². The second-order valence-electron chi connectivity index (χ2n) is 8.18. The van der Waals surface area contributed by atoms with E-state index in [1.807, 2.05) is 43.0 Å². The van der Waals surface area contributed by atoms with Crippen molar-refractivity contribution in [2.24, 2.45) is 10.9 Å². The van der Waals surface area contributed by atoms with Crippen LogP contribution < -0.4 is 5.32 Å². The summed E-state index contributed by atoms with van der Waals surface area (Å²) in [7, 11) is 3.86. The molecule has 7 heteroatoms. The summed E-state index contributed by atoms with van der Waals surface area (Å²) in [6, 6.07) is 7.83. The van der Waals surface area contributed by atoms with E-state index in [9.17, 15) is 4.79 Å². The molecule has 2 saturated heterocycles. The van der Waals surface area contributed by atoms with Crippen LogP contribution in [0.4, 0.5) is 0 Å². The third-order valence-corrected chi connectivity index (χ3v) is 5.49. The minimum atomic E-state index is 0.0702. The van der Waals surface area contributed by atoms with Gasteiger partial charge in [0.05, 0.1) is 18.8 Å². The van der Waals surface area contributed by atoms with Crippen molar-refractivity contribution in [2.45, 2.75) is 39.0 Å². The third-order valence-electron chi connectivity index (χ3n) is 5.49. The molecule has 0 aliphatic carbocycles. The van der Waals surface area contributed by atoms with Gasteiger partial charge >= 0.3 is 0 Å². The van der Waals surface area contributed by atoms with E-state index in [0.29, 0.717) is 25.6 Å². The molecule has 3 rings (SSSR count). The zero-order valence-electron chi connectivity index (χ0n) is 18.1. The van der Waals surface area contributed by atoms with Gasteiger partial charge in [-0.2, -0.15) is 0 Å². The number of nitrogens with zero attached hydrogens (tertiary/aromatic N) is 3. The zero-order valence-corrected chi connectivity index (χ0v) is 18.1. The molecule has 1 N–H and O–H groups in total. The Balaban J connectivity index is 1.52. The molecule has 0 aromatic heterocycles. The number of rotatable bonds is 5. The predicted octanol–water partition coefficient (Wildman–Crippen LogP) is 1.98. The molecule has 1 amide bonds. The molecule has 29 heavy (non-hydrogen) atoms. The smallest absolute Gasteiger partial charge is 0.254 e. The fourth-order valence-corrected chi connectivity index (χ4v) is 4.06. The van der Waals surface area contributed by atoms with Crippen LogP contribution in [0.25, 0.3) is 0 Å². The van der Waals surface area contributed by atoms with Crippen LogP contribution >= 0.6 is 0 Å². The van der Waals surface area contributed by atoms with Crippen molar-refractivity contribution in [3.05, 3.63) is 35.4 Å². The Labute approximate surface area is 174 Å². The number of morpholine rings is 1. The van der Waals surface area contributed by atoms with Crippen LogP contribution in [-0.4, -0.2) is 80.8 Å². The van der Waals surface area contributed by atoms with E-state index in [0.717, 1.165) is 43.3 Å². The van der Waals surface area contributed by atoms with Crippen LogP contribution in [0.1, 0.15) is 36.2 Å². The highest BCUT2D eigenvalue weighted by Crippen LogP contribution is 2.16. The molecule has 3 unspecified atom stereocenters. The van der Waals surface area contributed by atoms with Crippen molar-refractivity contribution in [3.63, 3.8) is 0 Å². The van der Waals surface area contributed by atoms with Gasteiger partial charge in [0.1, 0.15) is 0 Å². The number of nitrogens with one attached hydrogen (secondary N) is 1. The number of hydrogen-bond donors (Lipinski definition) is 1. The Morgan fingerprint density at radius 1 is 1.24 bits per heavy atom. The zero-order chi connectivity index (χ0) is 20.8. The molecular weight excluding hydrogens is 368 g/mol. The molecule has 2 aliphatic rings. The number of carbonyl (C=O) groups is 1. The largest absolute Gasteiger partial charge is 0.381 e. The maximum atomic E-state index is 12.8. The van der Waals surface area contributed by atoms with E-state index in [4.69, 9.17) is 9.47 Å². The molecule has 0 spiro atoms. The molecule has 2 aliphatic heterocycles. The molecule has 2 fully saturated rings. The van der Waals surface area contributed by atoms with Gasteiger partial charge in [-0.15, -0.1) is 0 Å². The summed E-state index contributed by atoms with van der Waals surface area (Å²) >= 11 is 0. The number of ether oxygens (including phenoxy) is 2. The molecule has 0 bridgehead atoms. The summed E-state index contributed by atoms with van der Waals surface area (Å²) in [6.45, 7) is 8.59. The predicted molar refractivity (Wildman–Crippen MR) is 114 cm³/mol. The minimum absolute atomic E-state index is 0.0702. The van der Waals surface area contributed by atoms with Gasteiger partial charge in [-0.1, -0.05) is 12.1 Å². The Bertz CT molecular complexity index is 691. The van der Waals surface area contributed by atoms with E-state index < -0.39 is 0 Å². The third kappa shape index (κ3) is 5.93. The number of benzene rings is 1. The maximum absolute atomic E-state index is 12.8. The maximum Gasteiger partial charge on any atom is 0.254 e. The van der Waals surface area contributed by atoms with Crippen molar-refractivity contribution in [1.82, 2.24) is 15.1 Å². The lowest BCUT2D eigenvalue weighted by Crippen LogP contribution is -2.48. The molecule has 7 nitrogen and oxygen atoms in total. The molecule has 1 aromatic rings. The molecular formula is C22H34N4O3. The SMILES string of the molecule is CN=C(NCc1ccc(C(=O)N2CC(C)OC(C)C2)cc1)N(C)CC1CCOC1. The molecule has 3 atom stereocenters. The van der Waals surface area contributed by atoms with Crippen LogP contribution in [0.2, 0.25) is 0 Å². The lowest BCUT2D eigenvalue weighted by Gasteiger charge is -2.35. The van der Waals surface area contributed by atoms with Gasteiger partial charge in [-0.05, 0) is 38.0 Å². The highest BCUT2D eigenvalue weighted by Gasteiger charge is 2.26. The van der Waals surface area contributed by atoms with Gasteiger partial charge in [0, 0.05) is 58.4 Å². The van der Waals surface area contributed by atoms with Crippen LogP contribution in [0.5, 0.6) is 0 Å². The van der Waals surface area contributed by atoms with E-state index in [-0.39, 0.29) is 18.1 Å². The van der Waals surface area contributed by atoms with Crippen molar-refractivity contribution < 1.29 is 14.3 Å². The average molecular weight is 403 g/mol. The first-order valence-corrected chi connectivity index (χ1v) is 10.5. The summed E-state index contributed by atoms with van der Waals surface area (Å²) in [6.07, 6.45) is 1.26. The van der Waals surface area contributed by atoms with Gasteiger partial charge in [-0.25, -0.2) is 0 Å². The second-order valence-corrected chi connectivity index (χ2v) is 8.18. The summed E-state index contributed by atoms with van der Waals surface area (Å²) < 4.78 is 11.2. The Kier molecular flexibility index (Phi) is 7.50. The van der Waals surface area contributed by atoms with Gasteiger partial charge in [0.25, 0.3) is 5.91 Å². The Morgan fingerprint density at radius 2 is 1.93 bits per heavy atom. The Hall–Kier alpha value is -2.12. The average Bonchev–Trinajstić information content (AvgIpc) is 3.20. The van der Waals surface area contributed by atoms with Crippen molar-refractivity contribution in [3.8, 4) is 0 Å². The molecule has 0 saturated carbocycles. The summed E-state index contributed by atoms with van der Waals surface area (Å²) in [5, 5.41) is 3.41. The molecule has 160 valence electrons. The fraction of sp³-hybridized carbons (Fsp3) is 0.636. The van der Waals surface area contributed by atoms with E-state index >= 15 is 0 Å². The summed E-state index contributed by atoms with van der Waals surface area (Å²) in [5.74, 6) is 1.50. The lowest BCUT2D eigenvalue weighted by molar-refractivity contribution is -0.0586. The fourth-order valence-electron chi connectivity index (χ4n) is 4.06. The number of aliphatic imine (C=N–C) groups is 1. The number of hydrogen-bond acceptors (Lipinski definition) is 4. The standard InChI is InChI=1S/C22H34N4O3/c1-16-12-26(13-17(2)29-16)21(27)20-7-5-18(6-8-20)11-24-22(23-3)25(4)14-19-9-10-28-15-19/h5-8,16-17,19H,9-15H2,1-4H3,(H,23,24). The van der Waals surface area contributed by atoms with Crippen LogP contribution in [0, 0.1) is 5.92 Å². The first kappa shape index (κ1) is 21.6. The van der Waals surface area contributed by atoms with Crippen LogP contribution in [0.15, 0.2) is 29.3 Å². The van der Waals surface area contributed by atoms with Crippen molar-refractivity contribution in [2.75, 3.05) is 46.9 Å². The Morgan fingerprint density at radius 3 is 2.52 bits per heavy atom. The molecule has 1 aromatic carbocycles. The topological polar surface area (TPSA) is 66.4 Å². The lowest BCUT2D eigenvalue weighted by atomic mass is 10.1. The monoisotopic (exact) mass is 402 g/mol. The molecule has 2 heterocycles. The number of guanidine groups is 1. The second kappa shape index (κ2) is 10.1. The first-order chi connectivity index (χ1) is 14.0. The molecule has 0 radical (unpaired) electrons. The van der Waals surface area contributed by atoms with E-state index in [1.165, 1.54) is 0 Å². The first-order valence-electron chi connectivity index (χ1n) is 10.5. The van der Waals surface area contributed by atoms with Gasteiger partial charge in [0.2, 0.25) is 0 Å². The van der Waals surface area contributed by atoms with Crippen LogP contribution in [0.3, 0.4) is 0 Å². The quantitative estimate of drug-likeness (QED) is 0.603. The van der Waals surface area contributed by atoms with E-state index in [2.05, 4.69) is 22.3 Å². The van der Waals surface area contributed by atoms with Crippen molar-refractivity contribution >= 4 is 11.9 Å². The minimum Gasteiger partial charge on any atom is -0.381 e. The summed E-state index contributed by atoms with van der Waals surface area (Å²) in [4.78, 5) is 21.2. The van der Waals surface area contributed by atoms with E-state index in [1.54, 1.807) is 7.05 Å². The van der Waals surface area contributed by atoms with Crippen LogP contribution in [-0.2, 0) is 16.0 Å². The van der Waals surface area contributed by atoms with Gasteiger partial charge in [-0.3, -0.25) is 9.79 Å². The highest BCUT2D eigenvalue weighted by atomic mass is 16.5. The normalized spacial score (nSPS) is 25.2. The highest BCUT2D eigenvalue weighted by molar-refractivity contribution is 5.94. The van der Waals surface area contributed by atoms with Crippen molar-refractivity contribution in [1.29, 1.82) is 0 Å².